The lowest BCUT2D eigenvalue weighted by Gasteiger charge is -2.29. The number of ether oxygens (including phenoxy) is 1. The van der Waals surface area contributed by atoms with E-state index in [4.69, 9.17) is 9.15 Å². The van der Waals surface area contributed by atoms with Crippen LogP contribution in [0.4, 0.5) is 0 Å². The summed E-state index contributed by atoms with van der Waals surface area (Å²) in [6, 6.07) is 23.6. The van der Waals surface area contributed by atoms with Gasteiger partial charge < -0.3 is 19.0 Å². The third-order valence-electron chi connectivity index (χ3n) is 6.33. The first-order valence-electron chi connectivity index (χ1n) is 12.4. The van der Waals surface area contributed by atoms with Gasteiger partial charge in [0.1, 0.15) is 11.5 Å². The minimum absolute atomic E-state index is 0.0204. The van der Waals surface area contributed by atoms with E-state index in [1.807, 2.05) is 67.6 Å². The van der Waals surface area contributed by atoms with Crippen LogP contribution in [0.25, 0.3) is 0 Å². The molecule has 0 N–H and O–H groups in total. The molecular weight excluding hydrogens is 440 g/mol. The Hall–Kier alpha value is -3.38. The van der Waals surface area contributed by atoms with E-state index in [1.165, 1.54) is 0 Å². The zero-order valence-electron chi connectivity index (χ0n) is 20.4. The average Bonchev–Trinajstić information content (AvgIpc) is 3.54. The lowest BCUT2D eigenvalue weighted by Crippen LogP contribution is -2.46. The Balaban J connectivity index is 1.47. The molecule has 2 amide bonds. The van der Waals surface area contributed by atoms with Crippen molar-refractivity contribution in [3.63, 3.8) is 0 Å². The Kier molecular flexibility index (Phi) is 8.74. The molecule has 1 aliphatic rings. The molecule has 0 saturated carbocycles. The maximum absolute atomic E-state index is 13.6. The smallest absolute Gasteiger partial charge is 0.242 e. The van der Waals surface area contributed by atoms with Gasteiger partial charge in [0.05, 0.1) is 25.6 Å². The molecule has 1 atom stereocenters. The summed E-state index contributed by atoms with van der Waals surface area (Å²) >= 11 is 0. The Labute approximate surface area is 207 Å². The average molecular weight is 475 g/mol. The number of carbonyl (C=O) groups is 2. The number of benzene rings is 2. The van der Waals surface area contributed by atoms with Gasteiger partial charge in [0, 0.05) is 19.7 Å². The van der Waals surface area contributed by atoms with Crippen molar-refractivity contribution in [1.29, 1.82) is 0 Å². The fraction of sp³-hybridized carbons (Fsp3) is 0.379. The van der Waals surface area contributed by atoms with Crippen LogP contribution in [-0.4, -0.2) is 54.0 Å². The van der Waals surface area contributed by atoms with Crippen molar-refractivity contribution in [2.45, 2.75) is 45.3 Å². The van der Waals surface area contributed by atoms with Gasteiger partial charge in [-0.1, -0.05) is 60.7 Å². The third kappa shape index (κ3) is 7.55. The quantitative estimate of drug-likeness (QED) is 0.413. The summed E-state index contributed by atoms with van der Waals surface area (Å²) in [5.41, 5.74) is 2.10. The highest BCUT2D eigenvalue weighted by molar-refractivity contribution is 5.86. The molecule has 4 rings (SSSR count). The minimum Gasteiger partial charge on any atom is -0.464 e. The van der Waals surface area contributed by atoms with E-state index in [1.54, 1.807) is 9.80 Å². The van der Waals surface area contributed by atoms with E-state index in [9.17, 15) is 9.59 Å². The zero-order valence-corrected chi connectivity index (χ0v) is 20.4. The predicted molar refractivity (Wildman–Crippen MR) is 135 cm³/mol. The summed E-state index contributed by atoms with van der Waals surface area (Å²) in [7, 11) is 0. The van der Waals surface area contributed by atoms with Crippen LogP contribution < -0.4 is 0 Å². The first-order valence-corrected chi connectivity index (χ1v) is 12.4. The molecule has 0 aliphatic carbocycles. The maximum atomic E-state index is 13.6. The Morgan fingerprint density at radius 3 is 2.23 bits per heavy atom. The summed E-state index contributed by atoms with van der Waals surface area (Å²) in [5, 5.41) is 0. The van der Waals surface area contributed by atoms with Gasteiger partial charge in [-0.15, -0.1) is 0 Å². The van der Waals surface area contributed by atoms with Crippen LogP contribution in [0, 0.1) is 6.92 Å². The fourth-order valence-electron chi connectivity index (χ4n) is 4.39. The molecule has 1 aliphatic heterocycles. The number of hydrogen-bond donors (Lipinski definition) is 0. The highest BCUT2D eigenvalue weighted by Gasteiger charge is 2.26. The van der Waals surface area contributed by atoms with Crippen LogP contribution in [0.5, 0.6) is 0 Å². The number of furan rings is 1. The number of hydrogen-bond acceptors (Lipinski definition) is 4. The fourth-order valence-corrected chi connectivity index (χ4v) is 4.39. The molecule has 184 valence electrons. The number of nitrogens with zero attached hydrogens (tertiary/aromatic N) is 2. The molecule has 1 saturated heterocycles. The van der Waals surface area contributed by atoms with E-state index >= 15 is 0 Å². The molecule has 6 nitrogen and oxygen atoms in total. The predicted octanol–water partition coefficient (Wildman–Crippen LogP) is 4.41. The van der Waals surface area contributed by atoms with Gasteiger partial charge in [0.25, 0.3) is 0 Å². The molecule has 2 heterocycles. The highest BCUT2D eigenvalue weighted by atomic mass is 16.5. The molecule has 0 unspecified atom stereocenters. The van der Waals surface area contributed by atoms with Crippen molar-refractivity contribution < 1.29 is 18.7 Å². The van der Waals surface area contributed by atoms with Gasteiger partial charge in [-0.2, -0.15) is 0 Å². The topological polar surface area (TPSA) is 63.0 Å². The lowest BCUT2D eigenvalue weighted by molar-refractivity contribution is -0.141. The van der Waals surface area contributed by atoms with Crippen LogP contribution in [0.3, 0.4) is 0 Å². The summed E-state index contributed by atoms with van der Waals surface area (Å²) in [6.45, 7) is 3.98. The van der Waals surface area contributed by atoms with Crippen LogP contribution in [0.15, 0.2) is 77.2 Å². The van der Waals surface area contributed by atoms with E-state index in [-0.39, 0.29) is 30.9 Å². The van der Waals surface area contributed by atoms with Crippen molar-refractivity contribution in [2.24, 2.45) is 0 Å². The molecule has 0 bridgehead atoms. The van der Waals surface area contributed by atoms with Crippen molar-refractivity contribution >= 4 is 11.8 Å². The van der Waals surface area contributed by atoms with Crippen LogP contribution in [0.2, 0.25) is 0 Å². The van der Waals surface area contributed by atoms with Crippen molar-refractivity contribution in [3.05, 3.63) is 95.4 Å². The second-order valence-corrected chi connectivity index (χ2v) is 9.13. The zero-order chi connectivity index (χ0) is 24.5. The van der Waals surface area contributed by atoms with Gasteiger partial charge in [-0.3, -0.25) is 9.59 Å². The second-order valence-electron chi connectivity index (χ2n) is 9.13. The second kappa shape index (κ2) is 12.4. The normalized spacial score (nSPS) is 15.2. The Morgan fingerprint density at radius 1 is 0.886 bits per heavy atom. The molecule has 1 aromatic heterocycles. The van der Waals surface area contributed by atoms with Crippen LogP contribution >= 0.6 is 0 Å². The molecule has 1 fully saturated rings. The van der Waals surface area contributed by atoms with Crippen molar-refractivity contribution in [1.82, 2.24) is 9.80 Å². The minimum atomic E-state index is -0.0885. The molecular formula is C29H34N2O4. The summed E-state index contributed by atoms with van der Waals surface area (Å²) in [4.78, 5) is 30.3. The molecule has 6 heteroatoms. The number of amides is 2. The van der Waals surface area contributed by atoms with E-state index in [0.717, 1.165) is 41.9 Å². The van der Waals surface area contributed by atoms with E-state index < -0.39 is 0 Å². The van der Waals surface area contributed by atoms with E-state index in [0.29, 0.717) is 26.2 Å². The summed E-state index contributed by atoms with van der Waals surface area (Å²) in [6.07, 6.45) is 2.87. The molecule has 0 radical (unpaired) electrons. The van der Waals surface area contributed by atoms with E-state index in [2.05, 4.69) is 12.1 Å². The maximum Gasteiger partial charge on any atom is 0.242 e. The molecule has 2 aromatic carbocycles. The van der Waals surface area contributed by atoms with Crippen LogP contribution in [-0.2, 0) is 33.7 Å². The Bertz CT molecular complexity index is 1070. The number of rotatable bonds is 11. The number of carbonyl (C=O) groups excluding carboxylic acids is 2. The van der Waals surface area contributed by atoms with Crippen molar-refractivity contribution in [3.8, 4) is 0 Å². The molecule has 0 spiro atoms. The van der Waals surface area contributed by atoms with Gasteiger partial charge >= 0.3 is 0 Å². The highest BCUT2D eigenvalue weighted by Crippen LogP contribution is 2.16. The summed E-state index contributed by atoms with van der Waals surface area (Å²) < 4.78 is 11.6. The summed E-state index contributed by atoms with van der Waals surface area (Å²) in [5.74, 6) is 1.41. The van der Waals surface area contributed by atoms with Crippen LogP contribution in [0.1, 0.15) is 35.5 Å². The van der Waals surface area contributed by atoms with Gasteiger partial charge in [-0.05, 0) is 49.4 Å². The van der Waals surface area contributed by atoms with Crippen molar-refractivity contribution in [2.75, 3.05) is 26.2 Å². The van der Waals surface area contributed by atoms with Gasteiger partial charge in [-0.25, -0.2) is 0 Å². The third-order valence-corrected chi connectivity index (χ3v) is 6.33. The first kappa shape index (κ1) is 24.7. The largest absolute Gasteiger partial charge is 0.464 e. The molecule has 3 aromatic rings. The molecule has 35 heavy (non-hydrogen) atoms. The first-order chi connectivity index (χ1) is 17.1. The standard InChI is InChI=1S/C29H34N2O4/c1-23-14-15-27(35-23)21-30(17-16-24-9-4-2-5-10-24)29(33)22-31(20-26-13-8-18-34-26)28(32)19-25-11-6-3-7-12-25/h2-7,9-12,14-15,26H,8,13,16-22H2,1H3/t26-/m1/s1. The van der Waals surface area contributed by atoms with Gasteiger partial charge in [0.15, 0.2) is 0 Å². The van der Waals surface area contributed by atoms with Gasteiger partial charge in [0.2, 0.25) is 11.8 Å². The SMILES string of the molecule is Cc1ccc(CN(CCc2ccccc2)C(=O)CN(C[C@H]2CCCO2)C(=O)Cc2ccccc2)o1. The lowest BCUT2D eigenvalue weighted by atomic mass is 10.1. The Morgan fingerprint density at radius 2 is 1.60 bits per heavy atom. The number of aryl methyl sites for hydroxylation is 1. The monoisotopic (exact) mass is 474 g/mol.